The molecule has 0 amide bonds. The maximum Gasteiger partial charge on any atom is -0.0250 e. The summed E-state index contributed by atoms with van der Waals surface area (Å²) in [5.74, 6) is 0.961. The van der Waals surface area contributed by atoms with Gasteiger partial charge in [-0.15, -0.1) is 0 Å². The summed E-state index contributed by atoms with van der Waals surface area (Å²) >= 11 is 0. The fraction of sp³-hybridized carbons (Fsp3) is 0.714. The fourth-order valence-corrected chi connectivity index (χ4v) is 3.68. The highest BCUT2D eigenvalue weighted by molar-refractivity contribution is 5.23. The van der Waals surface area contributed by atoms with Crippen LogP contribution in [0.5, 0.6) is 0 Å². The molecule has 0 heterocycles. The normalized spacial score (nSPS) is 16.2. The van der Waals surface area contributed by atoms with Gasteiger partial charge in [-0.1, -0.05) is 95.4 Å². The van der Waals surface area contributed by atoms with Crippen molar-refractivity contribution in [3.8, 4) is 0 Å². The van der Waals surface area contributed by atoms with Crippen molar-refractivity contribution in [1.29, 1.82) is 0 Å². The smallest absolute Gasteiger partial charge is 0.0250 e. The number of unbranched alkanes of at least 4 members (excludes halogenated alkanes) is 5. The topological polar surface area (TPSA) is 0 Å². The minimum absolute atomic E-state index is 0.961. The second kappa shape index (κ2) is 10.0. The molecule has 1 fully saturated rings. The molecule has 0 aliphatic heterocycles. The average Bonchev–Trinajstić information content (AvgIpc) is 2.53. The molecule has 0 radical (unpaired) electrons. The second-order valence-corrected chi connectivity index (χ2v) is 7.04. The molecule has 1 aliphatic carbocycles. The molecule has 1 aliphatic rings. The molecule has 118 valence electrons. The van der Waals surface area contributed by atoms with Gasteiger partial charge in [-0.25, -0.2) is 0 Å². The van der Waals surface area contributed by atoms with Crippen LogP contribution in [0.2, 0.25) is 0 Å². The lowest BCUT2D eigenvalue weighted by atomic mass is 9.85. The summed E-state index contributed by atoms with van der Waals surface area (Å²) in [6, 6.07) is 9.54. The van der Waals surface area contributed by atoms with Crippen LogP contribution in [-0.4, -0.2) is 0 Å². The third-order valence-electron chi connectivity index (χ3n) is 5.09. The van der Waals surface area contributed by atoms with Crippen molar-refractivity contribution in [2.45, 2.75) is 90.4 Å². The van der Waals surface area contributed by atoms with Crippen molar-refractivity contribution in [2.24, 2.45) is 5.92 Å². The van der Waals surface area contributed by atoms with E-state index in [4.69, 9.17) is 0 Å². The summed E-state index contributed by atoms with van der Waals surface area (Å²) in [6.07, 6.45) is 18.3. The predicted octanol–water partition coefficient (Wildman–Crippen LogP) is 6.71. The summed E-state index contributed by atoms with van der Waals surface area (Å²) < 4.78 is 0. The van der Waals surface area contributed by atoms with Gasteiger partial charge in [-0.05, 0) is 36.3 Å². The molecule has 0 N–H and O–H groups in total. The molecule has 0 bridgehead atoms. The highest BCUT2D eigenvalue weighted by Gasteiger charge is 2.13. The summed E-state index contributed by atoms with van der Waals surface area (Å²) in [6.45, 7) is 2.29. The first-order valence-corrected chi connectivity index (χ1v) is 9.46. The van der Waals surface area contributed by atoms with Crippen molar-refractivity contribution >= 4 is 0 Å². The molecule has 1 aromatic carbocycles. The van der Waals surface area contributed by atoms with Crippen molar-refractivity contribution in [1.82, 2.24) is 0 Å². The summed E-state index contributed by atoms with van der Waals surface area (Å²) in [4.78, 5) is 0. The number of aryl methyl sites for hydroxylation is 1. The van der Waals surface area contributed by atoms with E-state index >= 15 is 0 Å². The molecule has 1 aromatic rings. The van der Waals surface area contributed by atoms with Crippen LogP contribution in [0.4, 0.5) is 0 Å². The zero-order valence-corrected chi connectivity index (χ0v) is 14.1. The molecular formula is C21H34. The van der Waals surface area contributed by atoms with Crippen molar-refractivity contribution in [2.75, 3.05) is 0 Å². The molecule has 0 spiro atoms. The Hall–Kier alpha value is -0.780. The summed E-state index contributed by atoms with van der Waals surface area (Å²) in [5.41, 5.74) is 3.10. The van der Waals surface area contributed by atoms with Crippen LogP contribution in [-0.2, 0) is 12.8 Å². The Kier molecular flexibility index (Phi) is 7.92. The molecular weight excluding hydrogens is 252 g/mol. The van der Waals surface area contributed by atoms with E-state index in [1.54, 1.807) is 5.56 Å². The minimum atomic E-state index is 0.961. The second-order valence-electron chi connectivity index (χ2n) is 7.04. The Bertz CT molecular complexity index is 356. The van der Waals surface area contributed by atoms with Crippen molar-refractivity contribution in [3.63, 3.8) is 0 Å². The average molecular weight is 287 g/mol. The largest absolute Gasteiger partial charge is 0.0654 e. The van der Waals surface area contributed by atoms with Crippen LogP contribution in [0.3, 0.4) is 0 Å². The molecule has 0 saturated heterocycles. The summed E-state index contributed by atoms with van der Waals surface area (Å²) in [7, 11) is 0. The number of rotatable bonds is 9. The Balaban J connectivity index is 1.64. The van der Waals surface area contributed by atoms with Gasteiger partial charge in [0.15, 0.2) is 0 Å². The Morgan fingerprint density at radius 3 is 2.10 bits per heavy atom. The molecule has 0 aromatic heterocycles. The van der Waals surface area contributed by atoms with Gasteiger partial charge >= 0.3 is 0 Å². The van der Waals surface area contributed by atoms with E-state index in [-0.39, 0.29) is 0 Å². The minimum Gasteiger partial charge on any atom is -0.0654 e. The molecule has 2 rings (SSSR count). The van der Waals surface area contributed by atoms with Crippen molar-refractivity contribution < 1.29 is 0 Å². The standard InChI is InChI=1S/C21H34/c1-2-3-4-5-6-8-11-19-14-16-21(17-15-19)18-20-12-9-7-10-13-20/h14-17,20H,2-13,18H2,1H3. The third-order valence-corrected chi connectivity index (χ3v) is 5.09. The monoisotopic (exact) mass is 286 g/mol. The van der Waals surface area contributed by atoms with Gasteiger partial charge in [0, 0.05) is 0 Å². The SMILES string of the molecule is CCCCCCCCc1ccc(CC2CCCCC2)cc1. The maximum absolute atomic E-state index is 2.39. The van der Waals surface area contributed by atoms with E-state index < -0.39 is 0 Å². The summed E-state index contributed by atoms with van der Waals surface area (Å²) in [5, 5.41) is 0. The number of benzene rings is 1. The van der Waals surface area contributed by atoms with E-state index in [2.05, 4.69) is 31.2 Å². The first-order chi connectivity index (χ1) is 10.4. The third kappa shape index (κ3) is 6.68. The molecule has 1 saturated carbocycles. The van der Waals surface area contributed by atoms with Gasteiger partial charge in [0.05, 0.1) is 0 Å². The van der Waals surface area contributed by atoms with E-state index in [9.17, 15) is 0 Å². The number of hydrogen-bond donors (Lipinski definition) is 0. The zero-order valence-electron chi connectivity index (χ0n) is 14.1. The zero-order chi connectivity index (χ0) is 14.8. The first kappa shape index (κ1) is 16.6. The molecule has 0 atom stereocenters. The van der Waals surface area contributed by atoms with Gasteiger partial charge in [-0.3, -0.25) is 0 Å². The van der Waals surface area contributed by atoms with Crippen LogP contribution in [0.15, 0.2) is 24.3 Å². The van der Waals surface area contributed by atoms with Crippen LogP contribution in [0, 0.1) is 5.92 Å². The quantitative estimate of drug-likeness (QED) is 0.442. The predicted molar refractivity (Wildman–Crippen MR) is 93.8 cm³/mol. The molecule has 21 heavy (non-hydrogen) atoms. The first-order valence-electron chi connectivity index (χ1n) is 9.46. The van der Waals surface area contributed by atoms with Crippen LogP contribution in [0.1, 0.15) is 88.7 Å². The molecule has 0 nitrogen and oxygen atoms in total. The Morgan fingerprint density at radius 1 is 0.762 bits per heavy atom. The lowest BCUT2D eigenvalue weighted by Crippen LogP contribution is -2.09. The Morgan fingerprint density at radius 2 is 1.38 bits per heavy atom. The number of hydrogen-bond acceptors (Lipinski definition) is 0. The van der Waals surface area contributed by atoms with Gasteiger partial charge in [0.1, 0.15) is 0 Å². The van der Waals surface area contributed by atoms with Gasteiger partial charge in [0.25, 0.3) is 0 Å². The van der Waals surface area contributed by atoms with Crippen molar-refractivity contribution in [3.05, 3.63) is 35.4 Å². The van der Waals surface area contributed by atoms with E-state index in [1.807, 2.05) is 0 Å². The Labute approximate surface area is 132 Å². The maximum atomic E-state index is 2.39. The lowest BCUT2D eigenvalue weighted by molar-refractivity contribution is 0.356. The van der Waals surface area contributed by atoms with Gasteiger partial charge < -0.3 is 0 Å². The highest BCUT2D eigenvalue weighted by atomic mass is 14.2. The molecule has 0 heteroatoms. The highest BCUT2D eigenvalue weighted by Crippen LogP contribution is 2.27. The fourth-order valence-electron chi connectivity index (χ4n) is 3.68. The van der Waals surface area contributed by atoms with Crippen LogP contribution >= 0.6 is 0 Å². The van der Waals surface area contributed by atoms with E-state index in [1.165, 1.54) is 89.0 Å². The van der Waals surface area contributed by atoms with Gasteiger partial charge in [0.2, 0.25) is 0 Å². The van der Waals surface area contributed by atoms with E-state index in [0.29, 0.717) is 0 Å². The van der Waals surface area contributed by atoms with Gasteiger partial charge in [-0.2, -0.15) is 0 Å². The van der Waals surface area contributed by atoms with Crippen LogP contribution < -0.4 is 0 Å². The van der Waals surface area contributed by atoms with Crippen LogP contribution in [0.25, 0.3) is 0 Å². The molecule has 0 unspecified atom stereocenters. The lowest BCUT2D eigenvalue weighted by Gasteiger charge is -2.21. The van der Waals surface area contributed by atoms with E-state index in [0.717, 1.165) is 5.92 Å².